The second-order valence-corrected chi connectivity index (χ2v) is 7.07. The molecule has 1 saturated carbocycles. The molecular formula is C15H28N2O4. The van der Waals surface area contributed by atoms with Gasteiger partial charge in [0.05, 0.1) is 5.41 Å². The van der Waals surface area contributed by atoms with Crippen LogP contribution in [0, 0.1) is 5.41 Å². The first-order valence-electron chi connectivity index (χ1n) is 7.44. The molecule has 1 amide bonds. The second-order valence-electron chi connectivity index (χ2n) is 7.07. The summed E-state index contributed by atoms with van der Waals surface area (Å²) in [5, 5.41) is 9.69. The first kappa shape index (κ1) is 17.8. The van der Waals surface area contributed by atoms with E-state index < -0.39 is 29.1 Å². The van der Waals surface area contributed by atoms with Gasteiger partial charge in [-0.05, 0) is 53.4 Å². The van der Waals surface area contributed by atoms with E-state index in [0.29, 0.717) is 25.7 Å². The van der Waals surface area contributed by atoms with Gasteiger partial charge in [-0.15, -0.1) is 0 Å². The summed E-state index contributed by atoms with van der Waals surface area (Å²) < 4.78 is 5.33. The van der Waals surface area contributed by atoms with Crippen LogP contribution in [0.15, 0.2) is 0 Å². The van der Waals surface area contributed by atoms with Crippen molar-refractivity contribution in [2.75, 3.05) is 7.05 Å². The van der Waals surface area contributed by atoms with Gasteiger partial charge < -0.3 is 20.5 Å². The Bertz CT molecular complexity index is 395. The molecule has 6 nitrogen and oxygen atoms in total. The highest BCUT2D eigenvalue weighted by molar-refractivity contribution is 5.77. The molecular weight excluding hydrogens is 272 g/mol. The Morgan fingerprint density at radius 1 is 1.33 bits per heavy atom. The molecule has 0 aliphatic heterocycles. The van der Waals surface area contributed by atoms with Crippen LogP contribution in [0.3, 0.4) is 0 Å². The van der Waals surface area contributed by atoms with E-state index in [9.17, 15) is 14.7 Å². The molecule has 1 rings (SSSR count). The predicted molar refractivity (Wildman–Crippen MR) is 80.0 cm³/mol. The Labute approximate surface area is 126 Å². The van der Waals surface area contributed by atoms with Crippen LogP contribution in [-0.2, 0) is 9.53 Å². The fourth-order valence-electron chi connectivity index (χ4n) is 2.83. The fourth-order valence-corrected chi connectivity index (χ4v) is 2.83. The summed E-state index contributed by atoms with van der Waals surface area (Å²) in [5.74, 6) is -0.864. The maximum absolute atomic E-state index is 12.2. The molecule has 3 N–H and O–H groups in total. The van der Waals surface area contributed by atoms with Crippen LogP contribution in [0.25, 0.3) is 0 Å². The zero-order valence-electron chi connectivity index (χ0n) is 13.7. The predicted octanol–water partition coefficient (Wildman–Crippen LogP) is 2.21. The van der Waals surface area contributed by atoms with Gasteiger partial charge in [0.15, 0.2) is 0 Å². The van der Waals surface area contributed by atoms with E-state index in [0.717, 1.165) is 0 Å². The number of hydrogen-bond donors (Lipinski definition) is 2. The largest absolute Gasteiger partial charge is 0.481 e. The summed E-state index contributed by atoms with van der Waals surface area (Å²) in [6, 6.07) is -0.395. The van der Waals surface area contributed by atoms with E-state index in [2.05, 4.69) is 0 Å². The highest BCUT2D eigenvalue weighted by Crippen LogP contribution is 2.41. The molecule has 0 spiro atoms. The number of nitrogens with zero attached hydrogens (tertiary/aromatic N) is 1. The first-order valence-corrected chi connectivity index (χ1v) is 7.44. The molecule has 0 radical (unpaired) electrons. The second kappa shape index (κ2) is 6.22. The van der Waals surface area contributed by atoms with Crippen molar-refractivity contribution in [2.45, 2.75) is 71.1 Å². The zero-order valence-corrected chi connectivity index (χ0v) is 13.7. The third-order valence-electron chi connectivity index (χ3n) is 4.41. The molecule has 1 atom stereocenters. The van der Waals surface area contributed by atoms with Crippen molar-refractivity contribution in [1.29, 1.82) is 0 Å². The molecule has 21 heavy (non-hydrogen) atoms. The summed E-state index contributed by atoms with van der Waals surface area (Å²) in [6.07, 6.45) is 1.80. The van der Waals surface area contributed by atoms with Gasteiger partial charge in [0.1, 0.15) is 5.60 Å². The fraction of sp³-hybridized carbons (Fsp3) is 0.867. The average molecular weight is 300 g/mol. The maximum Gasteiger partial charge on any atom is 0.410 e. The van der Waals surface area contributed by atoms with E-state index in [1.165, 1.54) is 4.90 Å². The van der Waals surface area contributed by atoms with E-state index in [-0.39, 0.29) is 6.04 Å². The van der Waals surface area contributed by atoms with Crippen LogP contribution < -0.4 is 5.73 Å². The van der Waals surface area contributed by atoms with Crippen LogP contribution >= 0.6 is 0 Å². The van der Waals surface area contributed by atoms with Crippen molar-refractivity contribution in [2.24, 2.45) is 11.1 Å². The first-order chi connectivity index (χ1) is 9.49. The number of aliphatic carboxylic acids is 1. The summed E-state index contributed by atoms with van der Waals surface area (Å²) in [7, 11) is 1.60. The minimum Gasteiger partial charge on any atom is -0.481 e. The van der Waals surface area contributed by atoms with Crippen LogP contribution in [0.2, 0.25) is 0 Å². The highest BCUT2D eigenvalue weighted by Gasteiger charge is 2.48. The summed E-state index contributed by atoms with van der Waals surface area (Å²) in [6.45, 7) is 7.14. The number of carbonyl (C=O) groups excluding carboxylic acids is 1. The van der Waals surface area contributed by atoms with Crippen LogP contribution in [0.4, 0.5) is 4.79 Å². The van der Waals surface area contributed by atoms with E-state index in [4.69, 9.17) is 10.5 Å². The van der Waals surface area contributed by atoms with Gasteiger partial charge in [0.25, 0.3) is 0 Å². The normalized spacial score (nSPS) is 27.8. The Morgan fingerprint density at radius 2 is 1.81 bits per heavy atom. The summed E-state index contributed by atoms with van der Waals surface area (Å²) in [4.78, 5) is 25.4. The molecule has 0 aromatic heterocycles. The minimum absolute atomic E-state index is 0.0523. The Morgan fingerprint density at radius 3 is 2.19 bits per heavy atom. The lowest BCUT2D eigenvalue weighted by Crippen LogP contribution is -2.54. The quantitative estimate of drug-likeness (QED) is 0.833. The van der Waals surface area contributed by atoms with Crippen molar-refractivity contribution in [3.8, 4) is 0 Å². The highest BCUT2D eigenvalue weighted by atomic mass is 16.6. The number of ether oxygens (including phenoxy) is 1. The lowest BCUT2D eigenvalue weighted by Gasteiger charge is -2.43. The zero-order chi connectivity index (χ0) is 16.4. The van der Waals surface area contributed by atoms with Gasteiger partial charge in [-0.3, -0.25) is 4.79 Å². The Hall–Kier alpha value is -1.30. The third-order valence-corrected chi connectivity index (χ3v) is 4.41. The topological polar surface area (TPSA) is 92.9 Å². The van der Waals surface area contributed by atoms with Crippen molar-refractivity contribution in [3.05, 3.63) is 0 Å². The summed E-state index contributed by atoms with van der Waals surface area (Å²) in [5.41, 5.74) is 4.33. The van der Waals surface area contributed by atoms with Crippen LogP contribution in [0.1, 0.15) is 53.4 Å². The number of carbonyl (C=O) groups is 2. The van der Waals surface area contributed by atoms with Crippen molar-refractivity contribution in [1.82, 2.24) is 4.90 Å². The van der Waals surface area contributed by atoms with Crippen LogP contribution in [-0.4, -0.2) is 46.8 Å². The molecule has 6 heteroatoms. The van der Waals surface area contributed by atoms with Crippen molar-refractivity contribution < 1.29 is 19.4 Å². The molecule has 0 saturated heterocycles. The average Bonchev–Trinajstić information content (AvgIpc) is 2.35. The van der Waals surface area contributed by atoms with E-state index in [1.54, 1.807) is 34.7 Å². The van der Waals surface area contributed by atoms with Crippen molar-refractivity contribution >= 4 is 12.1 Å². The van der Waals surface area contributed by atoms with E-state index in [1.807, 2.05) is 0 Å². The number of rotatable bonds is 3. The third kappa shape index (κ3) is 4.09. The van der Waals surface area contributed by atoms with Gasteiger partial charge in [0.2, 0.25) is 0 Å². The summed E-state index contributed by atoms with van der Waals surface area (Å²) >= 11 is 0. The Balaban J connectivity index is 2.89. The number of nitrogens with two attached hydrogens (primary N) is 1. The molecule has 0 heterocycles. The standard InChI is InChI=1S/C15H28N2O4/c1-10(17(5)13(20)21-14(2,3)4)15(12(18)19)8-6-11(16)7-9-15/h10-11H,6-9,16H2,1-5H3,(H,18,19). The molecule has 1 aliphatic carbocycles. The number of carboxylic acid groups (broad SMARTS) is 1. The molecule has 0 aromatic rings. The number of carboxylic acids is 1. The van der Waals surface area contributed by atoms with E-state index >= 15 is 0 Å². The smallest absolute Gasteiger partial charge is 0.410 e. The lowest BCUT2D eigenvalue weighted by molar-refractivity contribution is -0.155. The SMILES string of the molecule is CC(N(C)C(=O)OC(C)(C)C)C1(C(=O)O)CCC(N)CC1. The van der Waals surface area contributed by atoms with Gasteiger partial charge in [-0.25, -0.2) is 4.79 Å². The maximum atomic E-state index is 12.2. The molecule has 1 fully saturated rings. The molecule has 0 bridgehead atoms. The van der Waals surface area contributed by atoms with Crippen molar-refractivity contribution in [3.63, 3.8) is 0 Å². The molecule has 1 aliphatic rings. The van der Waals surface area contributed by atoms with Gasteiger partial charge >= 0.3 is 12.1 Å². The monoisotopic (exact) mass is 300 g/mol. The van der Waals surface area contributed by atoms with Gasteiger partial charge in [-0.2, -0.15) is 0 Å². The minimum atomic E-state index is -0.943. The number of amides is 1. The van der Waals surface area contributed by atoms with Crippen LogP contribution in [0.5, 0.6) is 0 Å². The van der Waals surface area contributed by atoms with Gasteiger partial charge in [0, 0.05) is 19.1 Å². The van der Waals surface area contributed by atoms with Gasteiger partial charge in [-0.1, -0.05) is 0 Å². The molecule has 0 aromatic carbocycles. The molecule has 122 valence electrons. The molecule has 1 unspecified atom stereocenters. The lowest BCUT2D eigenvalue weighted by atomic mass is 9.68. The Kier molecular flexibility index (Phi) is 5.25. The number of hydrogen-bond acceptors (Lipinski definition) is 4.